The fourth-order valence-corrected chi connectivity index (χ4v) is 5.86. The van der Waals surface area contributed by atoms with Crippen LogP contribution < -0.4 is 0 Å². The number of carbonyl (C=O) groups excluding carboxylic acids is 2. The van der Waals surface area contributed by atoms with Gasteiger partial charge in [-0.2, -0.15) is 0 Å². The normalized spacial score (nSPS) is 13.4. The molecule has 2 aromatic heterocycles. The van der Waals surface area contributed by atoms with Gasteiger partial charge in [-0.25, -0.2) is 9.97 Å². The van der Waals surface area contributed by atoms with Crippen molar-refractivity contribution in [3.8, 4) is 22.4 Å². The van der Waals surface area contributed by atoms with Crippen LogP contribution in [0.2, 0.25) is 0 Å². The Morgan fingerprint density at radius 1 is 1.05 bits per heavy atom. The summed E-state index contributed by atoms with van der Waals surface area (Å²) in [5.74, 6) is 0.327. The number of hydrogen-bond donors (Lipinski definition) is 1. The molecule has 8 heteroatoms. The van der Waals surface area contributed by atoms with Crippen molar-refractivity contribution in [2.24, 2.45) is 0 Å². The van der Waals surface area contributed by atoms with Gasteiger partial charge < -0.3 is 14.6 Å². The fraction of sp³-hybridized carbons (Fsp3) is 0.412. The van der Waals surface area contributed by atoms with E-state index >= 15 is 0 Å². The molecule has 0 bridgehead atoms. The van der Waals surface area contributed by atoms with Crippen LogP contribution in [0.4, 0.5) is 0 Å². The Bertz CT molecular complexity index is 1610. The number of benzene rings is 2. The molecule has 1 N–H and O–H groups in total. The number of H-pyrrole nitrogens is 1. The van der Waals surface area contributed by atoms with Gasteiger partial charge >= 0.3 is 0 Å². The second-order valence-electron chi connectivity index (χ2n) is 11.6. The molecule has 8 nitrogen and oxygen atoms in total. The number of hydrogen-bond acceptors (Lipinski definition) is 6. The van der Waals surface area contributed by atoms with Crippen LogP contribution in [0, 0.1) is 13.8 Å². The molecule has 2 aromatic carbocycles. The van der Waals surface area contributed by atoms with Crippen LogP contribution in [0.15, 0.2) is 42.7 Å². The Hall–Kier alpha value is -3.88. The summed E-state index contributed by atoms with van der Waals surface area (Å²) in [6, 6.07) is 10.4. The van der Waals surface area contributed by atoms with Crippen molar-refractivity contribution in [1.82, 2.24) is 24.8 Å². The summed E-state index contributed by atoms with van der Waals surface area (Å²) < 4.78 is 5.09. The van der Waals surface area contributed by atoms with E-state index in [9.17, 15) is 9.59 Å². The number of aromatic amines is 1. The molecule has 0 spiro atoms. The fourth-order valence-electron chi connectivity index (χ4n) is 5.86. The molecule has 1 aliphatic heterocycles. The van der Waals surface area contributed by atoms with E-state index in [0.29, 0.717) is 30.8 Å². The Kier molecular flexibility index (Phi) is 9.14. The highest BCUT2D eigenvalue weighted by atomic mass is 16.5. The number of carbonyl (C=O) groups is 2. The zero-order chi connectivity index (χ0) is 29.8. The zero-order valence-electron chi connectivity index (χ0n) is 25.4. The van der Waals surface area contributed by atoms with Gasteiger partial charge in [0.25, 0.3) is 5.91 Å². The van der Waals surface area contributed by atoms with Crippen molar-refractivity contribution in [3.63, 3.8) is 0 Å². The molecule has 42 heavy (non-hydrogen) atoms. The average molecular weight is 568 g/mol. The minimum absolute atomic E-state index is 0.00838. The third-order valence-corrected chi connectivity index (χ3v) is 8.25. The van der Waals surface area contributed by atoms with Crippen LogP contribution >= 0.6 is 0 Å². The van der Waals surface area contributed by atoms with Gasteiger partial charge in [0.2, 0.25) is 0 Å². The maximum atomic E-state index is 12.5. The molecule has 0 fully saturated rings. The van der Waals surface area contributed by atoms with Crippen LogP contribution in [-0.4, -0.2) is 77.3 Å². The van der Waals surface area contributed by atoms with Crippen molar-refractivity contribution >= 4 is 22.9 Å². The summed E-state index contributed by atoms with van der Waals surface area (Å²) in [5.41, 5.74) is 11.0. The predicted molar refractivity (Wildman–Crippen MR) is 167 cm³/mol. The first kappa shape index (κ1) is 29.6. The summed E-state index contributed by atoms with van der Waals surface area (Å²) in [6.45, 7) is 7.46. The van der Waals surface area contributed by atoms with E-state index in [1.54, 1.807) is 26.1 Å². The van der Waals surface area contributed by atoms with E-state index in [0.717, 1.165) is 78.0 Å². The number of amides is 1. The minimum atomic E-state index is -0.00838. The predicted octanol–water partition coefficient (Wildman–Crippen LogP) is 5.74. The minimum Gasteiger partial charge on any atom is -0.385 e. The molecule has 0 saturated heterocycles. The van der Waals surface area contributed by atoms with Gasteiger partial charge in [0.05, 0.1) is 11.9 Å². The molecule has 5 rings (SSSR count). The van der Waals surface area contributed by atoms with Crippen LogP contribution in [0.3, 0.4) is 0 Å². The Morgan fingerprint density at radius 3 is 2.62 bits per heavy atom. The molecular formula is C34H41N5O3. The van der Waals surface area contributed by atoms with Gasteiger partial charge in [-0.05, 0) is 79.1 Å². The Morgan fingerprint density at radius 2 is 1.86 bits per heavy atom. The number of aromatic nitrogens is 3. The molecule has 0 radical (unpaired) electrons. The number of aryl methyl sites for hydroxylation is 2. The number of Topliss-reactive ketones (excluding diaryl/α,β-unsaturated/α-hetero) is 1. The molecule has 0 saturated carbocycles. The molecule has 0 atom stereocenters. The average Bonchev–Trinajstić information content (AvgIpc) is 3.41. The summed E-state index contributed by atoms with van der Waals surface area (Å²) in [6.07, 6.45) is 7.82. The van der Waals surface area contributed by atoms with Gasteiger partial charge in [-0.15, -0.1) is 0 Å². The number of ketones is 1. The molecule has 0 aliphatic carbocycles. The number of ether oxygens (including phenoxy) is 1. The van der Waals surface area contributed by atoms with E-state index in [-0.39, 0.29) is 5.91 Å². The van der Waals surface area contributed by atoms with Gasteiger partial charge in [0, 0.05) is 83.2 Å². The monoisotopic (exact) mass is 567 g/mol. The number of unbranched alkanes of at least 4 members (excludes halogenated alkanes) is 1. The standard InChI is InChI=1S/C34H41N5O3/c1-22-17-25(18-26-21-39(14-12-28(22)26)13-11-27(40)8-6-7-15-42-5)31-20-36-33-32(37-31)30(19-35-33)24-9-10-29(23(2)16-24)34(41)38(3)4/h9-10,16-20H,6-8,11-15,21H2,1-5H3,(H,35,36). The molecule has 4 aromatic rings. The van der Waals surface area contributed by atoms with Crippen molar-refractivity contribution in [2.75, 3.05) is 40.9 Å². The van der Waals surface area contributed by atoms with Crippen LogP contribution in [0.25, 0.3) is 33.5 Å². The zero-order valence-corrected chi connectivity index (χ0v) is 25.4. The van der Waals surface area contributed by atoms with E-state index in [4.69, 9.17) is 14.7 Å². The number of nitrogens with one attached hydrogen (secondary N) is 1. The summed E-state index contributed by atoms with van der Waals surface area (Å²) in [4.78, 5) is 41.9. The SMILES string of the molecule is COCCCCC(=O)CCN1CCc2c(C)cc(-c3cnc4[nH]cc(-c5ccc(C(=O)N(C)C)c(C)c5)c4n3)cc2C1. The lowest BCUT2D eigenvalue weighted by Gasteiger charge is -2.30. The van der Waals surface area contributed by atoms with Crippen LogP contribution in [-0.2, 0) is 22.5 Å². The Balaban J connectivity index is 1.36. The number of fused-ring (bicyclic) bond motifs is 2. The lowest BCUT2D eigenvalue weighted by atomic mass is 9.92. The third-order valence-electron chi connectivity index (χ3n) is 8.25. The van der Waals surface area contributed by atoms with Gasteiger partial charge in [0.1, 0.15) is 11.3 Å². The first-order valence-electron chi connectivity index (χ1n) is 14.8. The number of nitrogens with zero attached hydrogens (tertiary/aromatic N) is 4. The summed E-state index contributed by atoms with van der Waals surface area (Å²) >= 11 is 0. The van der Waals surface area contributed by atoms with E-state index in [2.05, 4.69) is 28.9 Å². The van der Waals surface area contributed by atoms with E-state index in [1.165, 1.54) is 16.7 Å². The van der Waals surface area contributed by atoms with Crippen molar-refractivity contribution in [2.45, 2.75) is 52.5 Å². The summed E-state index contributed by atoms with van der Waals surface area (Å²) in [7, 11) is 5.23. The van der Waals surface area contributed by atoms with Crippen molar-refractivity contribution in [1.29, 1.82) is 0 Å². The lowest BCUT2D eigenvalue weighted by molar-refractivity contribution is -0.119. The quantitative estimate of drug-likeness (QED) is 0.232. The van der Waals surface area contributed by atoms with Gasteiger partial charge in [-0.3, -0.25) is 14.5 Å². The smallest absolute Gasteiger partial charge is 0.253 e. The first-order valence-corrected chi connectivity index (χ1v) is 14.8. The molecule has 1 amide bonds. The molecule has 3 heterocycles. The van der Waals surface area contributed by atoms with E-state index in [1.807, 2.05) is 37.5 Å². The largest absolute Gasteiger partial charge is 0.385 e. The highest BCUT2D eigenvalue weighted by molar-refractivity contribution is 5.97. The highest BCUT2D eigenvalue weighted by Crippen LogP contribution is 2.32. The van der Waals surface area contributed by atoms with Crippen LogP contribution in [0.5, 0.6) is 0 Å². The second kappa shape index (κ2) is 13.0. The number of methoxy groups -OCH3 is 1. The van der Waals surface area contributed by atoms with Gasteiger partial charge in [0.15, 0.2) is 5.65 Å². The molecule has 220 valence electrons. The van der Waals surface area contributed by atoms with E-state index < -0.39 is 0 Å². The topological polar surface area (TPSA) is 91.4 Å². The van der Waals surface area contributed by atoms with Crippen molar-refractivity contribution in [3.05, 3.63) is 70.5 Å². The lowest BCUT2D eigenvalue weighted by Crippen LogP contribution is -2.32. The number of rotatable bonds is 11. The Labute approximate surface area is 248 Å². The maximum Gasteiger partial charge on any atom is 0.253 e. The van der Waals surface area contributed by atoms with Crippen molar-refractivity contribution < 1.29 is 14.3 Å². The van der Waals surface area contributed by atoms with Crippen LogP contribution in [0.1, 0.15) is 58.3 Å². The van der Waals surface area contributed by atoms with Gasteiger partial charge in [-0.1, -0.05) is 12.1 Å². The summed E-state index contributed by atoms with van der Waals surface area (Å²) in [5, 5.41) is 0. The molecule has 0 unspecified atom stereocenters. The first-order chi connectivity index (χ1) is 20.2. The highest BCUT2D eigenvalue weighted by Gasteiger charge is 2.21. The molecule has 1 aliphatic rings. The third kappa shape index (κ3) is 6.45. The molecular weight excluding hydrogens is 526 g/mol. The maximum absolute atomic E-state index is 12.5. The second-order valence-corrected chi connectivity index (χ2v) is 11.6.